The summed E-state index contributed by atoms with van der Waals surface area (Å²) in [4.78, 5) is 2.44. The minimum Gasteiger partial charge on any atom is -0.379 e. The van der Waals surface area contributed by atoms with Crippen molar-refractivity contribution < 1.29 is 13.2 Å². The number of nitrogens with zero attached hydrogens (tertiary/aromatic N) is 1. The van der Waals surface area contributed by atoms with Gasteiger partial charge in [0.15, 0.2) is 0 Å². The molecule has 146 valence electrons. The fourth-order valence-corrected chi connectivity index (χ4v) is 5.65. The molecule has 1 unspecified atom stereocenters. The van der Waals surface area contributed by atoms with E-state index in [1.165, 1.54) is 0 Å². The molecule has 0 amide bonds. The second-order valence-corrected chi connectivity index (χ2v) is 9.47. The molecule has 5 nitrogen and oxygen atoms in total. The van der Waals surface area contributed by atoms with E-state index in [2.05, 4.69) is 25.6 Å². The number of hydrogen-bond acceptors (Lipinski definition) is 4. The molecule has 27 heavy (non-hydrogen) atoms. The van der Waals surface area contributed by atoms with Gasteiger partial charge in [-0.05, 0) is 52.2 Å². The number of sulfonamides is 1. The van der Waals surface area contributed by atoms with Gasteiger partial charge in [-0.1, -0.05) is 35.9 Å². The lowest BCUT2D eigenvalue weighted by molar-refractivity contribution is 0.0172. The Kier molecular flexibility index (Phi) is 6.94. The van der Waals surface area contributed by atoms with Gasteiger partial charge in [-0.3, -0.25) is 4.90 Å². The van der Waals surface area contributed by atoms with E-state index in [0.717, 1.165) is 24.2 Å². The van der Waals surface area contributed by atoms with Gasteiger partial charge < -0.3 is 4.74 Å². The summed E-state index contributed by atoms with van der Waals surface area (Å²) in [5.74, 6) is 0. The highest BCUT2D eigenvalue weighted by molar-refractivity contribution is 9.10. The Morgan fingerprint density at radius 3 is 2.59 bits per heavy atom. The molecule has 3 rings (SSSR count). The number of halogens is 2. The highest BCUT2D eigenvalue weighted by atomic mass is 79.9. The van der Waals surface area contributed by atoms with Crippen LogP contribution in [0.2, 0.25) is 5.02 Å². The van der Waals surface area contributed by atoms with Crippen LogP contribution < -0.4 is 4.72 Å². The minimum absolute atomic E-state index is 0.165. The lowest BCUT2D eigenvalue weighted by Crippen LogP contribution is -2.44. The first-order valence-corrected chi connectivity index (χ1v) is 11.4. The first-order valence-electron chi connectivity index (χ1n) is 8.70. The standard InChI is InChI=1S/C19H22BrClN2O3S/c1-14-6-7-19(16(20)12-14)27(24,25)22-13-18(23-8-10-26-11-9-23)15-4-2-3-5-17(15)21/h2-7,12,18,22H,8-11,13H2,1H3. The smallest absolute Gasteiger partial charge is 0.241 e. The number of hydrogen-bond donors (Lipinski definition) is 1. The SMILES string of the molecule is Cc1ccc(S(=O)(=O)NCC(c2ccccc2Cl)N2CCOCC2)c(Br)c1. The third-order valence-electron chi connectivity index (χ3n) is 4.59. The molecule has 8 heteroatoms. The van der Waals surface area contributed by atoms with E-state index in [1.54, 1.807) is 18.2 Å². The van der Waals surface area contributed by atoms with Crippen LogP contribution in [0, 0.1) is 6.92 Å². The van der Waals surface area contributed by atoms with E-state index in [-0.39, 0.29) is 17.5 Å². The van der Waals surface area contributed by atoms with Crippen molar-refractivity contribution in [2.24, 2.45) is 0 Å². The van der Waals surface area contributed by atoms with E-state index >= 15 is 0 Å². The maximum atomic E-state index is 12.9. The lowest BCUT2D eigenvalue weighted by atomic mass is 10.0. The average Bonchev–Trinajstić information content (AvgIpc) is 2.64. The molecular weight excluding hydrogens is 452 g/mol. The summed E-state index contributed by atoms with van der Waals surface area (Å²) in [7, 11) is -3.66. The van der Waals surface area contributed by atoms with Crippen LogP contribution in [0.15, 0.2) is 51.8 Å². The van der Waals surface area contributed by atoms with Crippen molar-refractivity contribution >= 4 is 37.6 Å². The van der Waals surface area contributed by atoms with Crippen molar-refractivity contribution in [1.29, 1.82) is 0 Å². The molecule has 1 aliphatic rings. The number of benzene rings is 2. The van der Waals surface area contributed by atoms with Gasteiger partial charge in [-0.25, -0.2) is 13.1 Å². The molecule has 1 N–H and O–H groups in total. The number of ether oxygens (including phenoxy) is 1. The van der Waals surface area contributed by atoms with Crippen LogP contribution in [-0.2, 0) is 14.8 Å². The van der Waals surface area contributed by atoms with E-state index < -0.39 is 10.0 Å². The molecule has 1 fully saturated rings. The van der Waals surface area contributed by atoms with Crippen molar-refractivity contribution in [2.45, 2.75) is 17.9 Å². The lowest BCUT2D eigenvalue weighted by Gasteiger charge is -2.35. The Morgan fingerprint density at radius 1 is 1.22 bits per heavy atom. The van der Waals surface area contributed by atoms with E-state index in [1.807, 2.05) is 31.2 Å². The highest BCUT2D eigenvalue weighted by Gasteiger charge is 2.27. The fraction of sp³-hybridized carbons (Fsp3) is 0.368. The summed E-state index contributed by atoms with van der Waals surface area (Å²) in [6.07, 6.45) is 0. The molecule has 2 aromatic carbocycles. The van der Waals surface area contributed by atoms with Crippen LogP contribution in [0.1, 0.15) is 17.2 Å². The van der Waals surface area contributed by atoms with Crippen molar-refractivity contribution in [1.82, 2.24) is 9.62 Å². The summed E-state index contributed by atoms with van der Waals surface area (Å²) in [6, 6.07) is 12.6. The molecule has 1 saturated heterocycles. The summed E-state index contributed by atoms with van der Waals surface area (Å²) in [5, 5.41) is 0.629. The van der Waals surface area contributed by atoms with Gasteiger partial charge in [0, 0.05) is 35.2 Å². The highest BCUT2D eigenvalue weighted by Crippen LogP contribution is 2.29. The zero-order valence-electron chi connectivity index (χ0n) is 15.0. The predicted octanol–water partition coefficient (Wildman–Crippen LogP) is 3.76. The van der Waals surface area contributed by atoms with Crippen molar-refractivity contribution in [3.05, 3.63) is 63.1 Å². The molecule has 0 radical (unpaired) electrons. The van der Waals surface area contributed by atoms with Crippen LogP contribution >= 0.6 is 27.5 Å². The Morgan fingerprint density at radius 2 is 1.93 bits per heavy atom. The molecule has 0 aliphatic carbocycles. The van der Waals surface area contributed by atoms with Crippen molar-refractivity contribution in [3.8, 4) is 0 Å². The van der Waals surface area contributed by atoms with Gasteiger partial charge in [-0.2, -0.15) is 0 Å². The second kappa shape index (κ2) is 9.03. The molecule has 0 bridgehead atoms. The van der Waals surface area contributed by atoms with Crippen LogP contribution in [0.3, 0.4) is 0 Å². The van der Waals surface area contributed by atoms with E-state index in [0.29, 0.717) is 22.7 Å². The summed E-state index contributed by atoms with van der Waals surface area (Å²) < 4.78 is 34.5. The normalized spacial score (nSPS) is 17.0. The number of aryl methyl sites for hydroxylation is 1. The molecule has 1 aliphatic heterocycles. The second-order valence-electron chi connectivity index (χ2n) is 6.47. The zero-order valence-corrected chi connectivity index (χ0v) is 18.1. The average molecular weight is 474 g/mol. The third kappa shape index (κ3) is 5.10. The summed E-state index contributed by atoms with van der Waals surface area (Å²) >= 11 is 9.76. The van der Waals surface area contributed by atoms with E-state index in [9.17, 15) is 8.42 Å². The topological polar surface area (TPSA) is 58.6 Å². The zero-order chi connectivity index (χ0) is 19.4. The molecule has 1 heterocycles. The number of morpholine rings is 1. The number of nitrogens with one attached hydrogen (secondary N) is 1. The Balaban J connectivity index is 1.85. The van der Waals surface area contributed by atoms with Gasteiger partial charge in [0.25, 0.3) is 0 Å². The fourth-order valence-electron chi connectivity index (χ4n) is 3.16. The van der Waals surface area contributed by atoms with Gasteiger partial charge in [0.2, 0.25) is 10.0 Å². The van der Waals surface area contributed by atoms with Crippen LogP contribution in [0.5, 0.6) is 0 Å². The first-order chi connectivity index (χ1) is 12.9. The Bertz CT molecular complexity index is 902. The molecule has 0 spiro atoms. The van der Waals surface area contributed by atoms with Gasteiger partial charge in [-0.15, -0.1) is 0 Å². The molecular formula is C19H22BrClN2O3S. The van der Waals surface area contributed by atoms with Gasteiger partial charge >= 0.3 is 0 Å². The maximum absolute atomic E-state index is 12.9. The van der Waals surface area contributed by atoms with Gasteiger partial charge in [0.1, 0.15) is 0 Å². The first kappa shape index (κ1) is 20.8. The predicted molar refractivity (Wildman–Crippen MR) is 111 cm³/mol. The molecule has 2 aromatic rings. The quantitative estimate of drug-likeness (QED) is 0.694. The summed E-state index contributed by atoms with van der Waals surface area (Å²) in [6.45, 7) is 4.85. The monoisotopic (exact) mass is 472 g/mol. The van der Waals surface area contributed by atoms with Crippen molar-refractivity contribution in [2.75, 3.05) is 32.8 Å². The molecule has 0 saturated carbocycles. The van der Waals surface area contributed by atoms with Gasteiger partial charge in [0.05, 0.1) is 18.1 Å². The Hall–Kier alpha value is -0.960. The van der Waals surface area contributed by atoms with Crippen LogP contribution in [0.25, 0.3) is 0 Å². The molecule has 0 aromatic heterocycles. The van der Waals surface area contributed by atoms with Crippen LogP contribution in [0.4, 0.5) is 0 Å². The third-order valence-corrected chi connectivity index (χ3v) is 7.34. The number of rotatable bonds is 6. The molecule has 1 atom stereocenters. The minimum atomic E-state index is -3.66. The maximum Gasteiger partial charge on any atom is 0.241 e. The Labute approximate surface area is 173 Å². The van der Waals surface area contributed by atoms with E-state index in [4.69, 9.17) is 16.3 Å². The summed E-state index contributed by atoms with van der Waals surface area (Å²) in [5.41, 5.74) is 1.90. The van der Waals surface area contributed by atoms with Crippen LogP contribution in [-0.4, -0.2) is 46.2 Å². The largest absolute Gasteiger partial charge is 0.379 e. The van der Waals surface area contributed by atoms with Crippen molar-refractivity contribution in [3.63, 3.8) is 0 Å².